The summed E-state index contributed by atoms with van der Waals surface area (Å²) >= 11 is 1.18. The number of thiazole rings is 1. The Kier molecular flexibility index (Phi) is 7.45. The predicted octanol–water partition coefficient (Wildman–Crippen LogP) is 4.51. The van der Waals surface area contributed by atoms with Gasteiger partial charge in [-0.1, -0.05) is 18.2 Å². The number of hydrogen-bond acceptors (Lipinski definition) is 8. The first-order chi connectivity index (χ1) is 16.4. The van der Waals surface area contributed by atoms with Crippen molar-refractivity contribution in [2.75, 3.05) is 11.8 Å². The number of ether oxygens (including phenoxy) is 1. The Labute approximate surface area is 200 Å². The molecule has 0 amide bonds. The van der Waals surface area contributed by atoms with Crippen LogP contribution in [-0.4, -0.2) is 47.9 Å². The number of fused-ring (bicyclic) bond motifs is 1. The topological polar surface area (TPSA) is 139 Å². The van der Waals surface area contributed by atoms with Crippen LogP contribution in [0.15, 0.2) is 65.1 Å². The van der Waals surface area contributed by atoms with Gasteiger partial charge in [-0.2, -0.15) is 13.2 Å². The van der Waals surface area contributed by atoms with E-state index in [0.29, 0.717) is 22.2 Å². The SMILES string of the molecule is COc1ccccc1-c1ncc(O)c2cc(S(=O)(=O)Nc3nccs3)ccc12.O=C(O)C(F)(F)F. The summed E-state index contributed by atoms with van der Waals surface area (Å²) in [5, 5.41) is 20.4. The first-order valence-corrected chi connectivity index (χ1v) is 11.8. The molecule has 2 aromatic carbocycles. The van der Waals surface area contributed by atoms with Gasteiger partial charge in [-0.25, -0.2) is 18.2 Å². The fraction of sp³-hybridized carbons (Fsp3) is 0.0952. The van der Waals surface area contributed by atoms with Crippen LogP contribution in [0.5, 0.6) is 11.5 Å². The monoisotopic (exact) mass is 527 g/mol. The van der Waals surface area contributed by atoms with Gasteiger partial charge in [0.1, 0.15) is 11.5 Å². The van der Waals surface area contributed by atoms with Crippen LogP contribution in [-0.2, 0) is 14.8 Å². The average Bonchev–Trinajstić information content (AvgIpc) is 3.31. The summed E-state index contributed by atoms with van der Waals surface area (Å²) in [4.78, 5) is 17.2. The number of aromatic nitrogens is 2. The Morgan fingerprint density at radius 1 is 1.11 bits per heavy atom. The van der Waals surface area contributed by atoms with Crippen molar-refractivity contribution in [3.05, 3.63) is 60.2 Å². The Morgan fingerprint density at radius 2 is 1.80 bits per heavy atom. The summed E-state index contributed by atoms with van der Waals surface area (Å²) in [6, 6.07) is 11.9. The summed E-state index contributed by atoms with van der Waals surface area (Å²) in [6.07, 6.45) is -2.27. The number of hydrogen-bond donors (Lipinski definition) is 3. The van der Waals surface area contributed by atoms with Crippen molar-refractivity contribution in [1.29, 1.82) is 0 Å². The van der Waals surface area contributed by atoms with Crippen LogP contribution >= 0.6 is 11.3 Å². The molecular formula is C21H16F3N3O6S2. The number of rotatable bonds is 5. The van der Waals surface area contributed by atoms with Crippen LogP contribution in [0.25, 0.3) is 22.0 Å². The Balaban J connectivity index is 0.000000429. The number of benzene rings is 2. The lowest BCUT2D eigenvalue weighted by Crippen LogP contribution is -2.21. The van der Waals surface area contributed by atoms with E-state index in [-0.39, 0.29) is 15.8 Å². The second-order valence-corrected chi connectivity index (χ2v) is 9.22. The van der Waals surface area contributed by atoms with Gasteiger partial charge in [0, 0.05) is 27.9 Å². The maximum Gasteiger partial charge on any atom is 0.490 e. The number of para-hydroxylation sites is 1. The van der Waals surface area contributed by atoms with Gasteiger partial charge < -0.3 is 14.9 Å². The maximum absolute atomic E-state index is 12.6. The molecule has 2 aromatic heterocycles. The number of nitrogens with zero attached hydrogens (tertiary/aromatic N) is 2. The smallest absolute Gasteiger partial charge is 0.490 e. The zero-order chi connectivity index (χ0) is 25.8. The number of pyridine rings is 1. The molecule has 0 unspecified atom stereocenters. The molecule has 0 aliphatic carbocycles. The summed E-state index contributed by atoms with van der Waals surface area (Å²) in [5.41, 5.74) is 1.33. The van der Waals surface area contributed by atoms with Crippen LogP contribution in [0.1, 0.15) is 0 Å². The number of anilines is 1. The normalized spacial score (nSPS) is 11.4. The largest absolute Gasteiger partial charge is 0.506 e. The molecule has 3 N–H and O–H groups in total. The van der Waals surface area contributed by atoms with Gasteiger partial charge >= 0.3 is 12.1 Å². The zero-order valence-electron chi connectivity index (χ0n) is 17.6. The van der Waals surface area contributed by atoms with Gasteiger partial charge in [0.15, 0.2) is 5.13 Å². The molecule has 0 radical (unpaired) electrons. The molecule has 0 spiro atoms. The maximum atomic E-state index is 12.6. The van der Waals surface area contributed by atoms with Crippen LogP contribution in [0.2, 0.25) is 0 Å². The Bertz CT molecular complexity index is 1460. The molecule has 0 aliphatic heterocycles. The van der Waals surface area contributed by atoms with E-state index in [0.717, 1.165) is 5.56 Å². The number of carboxylic acids is 1. The molecule has 0 atom stereocenters. The van der Waals surface area contributed by atoms with E-state index in [1.807, 2.05) is 24.3 Å². The number of methoxy groups -OCH3 is 1. The summed E-state index contributed by atoms with van der Waals surface area (Å²) in [7, 11) is -2.27. The molecule has 35 heavy (non-hydrogen) atoms. The minimum atomic E-state index is -5.08. The lowest BCUT2D eigenvalue weighted by Gasteiger charge is -2.12. The molecule has 0 fully saturated rings. The third-order valence-electron chi connectivity index (χ3n) is 4.41. The second-order valence-electron chi connectivity index (χ2n) is 6.65. The van der Waals surface area contributed by atoms with Crippen molar-refractivity contribution >= 4 is 43.2 Å². The predicted molar refractivity (Wildman–Crippen MR) is 122 cm³/mol. The quantitative estimate of drug-likeness (QED) is 0.345. The zero-order valence-corrected chi connectivity index (χ0v) is 19.3. The molecule has 0 saturated heterocycles. The van der Waals surface area contributed by atoms with Gasteiger partial charge in [0.05, 0.1) is 23.9 Å². The van der Waals surface area contributed by atoms with Crippen molar-refractivity contribution in [2.24, 2.45) is 0 Å². The van der Waals surface area contributed by atoms with Crippen molar-refractivity contribution in [3.63, 3.8) is 0 Å². The highest BCUT2D eigenvalue weighted by Crippen LogP contribution is 2.37. The van der Waals surface area contributed by atoms with Gasteiger partial charge in [0.25, 0.3) is 10.0 Å². The molecule has 14 heteroatoms. The van der Waals surface area contributed by atoms with Crippen LogP contribution in [0.4, 0.5) is 18.3 Å². The van der Waals surface area contributed by atoms with E-state index in [9.17, 15) is 26.7 Å². The van der Waals surface area contributed by atoms with Crippen LogP contribution in [0.3, 0.4) is 0 Å². The third kappa shape index (κ3) is 5.96. The summed E-state index contributed by atoms with van der Waals surface area (Å²) in [5.74, 6) is -2.24. The molecular weight excluding hydrogens is 511 g/mol. The third-order valence-corrected chi connectivity index (χ3v) is 6.56. The van der Waals surface area contributed by atoms with E-state index in [1.165, 1.54) is 35.9 Å². The molecule has 184 valence electrons. The fourth-order valence-corrected chi connectivity index (χ4v) is 4.69. The van der Waals surface area contributed by atoms with E-state index in [1.54, 1.807) is 18.6 Å². The van der Waals surface area contributed by atoms with E-state index in [2.05, 4.69) is 14.7 Å². The van der Waals surface area contributed by atoms with Crippen molar-refractivity contribution < 1.29 is 41.3 Å². The highest BCUT2D eigenvalue weighted by molar-refractivity contribution is 7.93. The molecule has 0 aliphatic rings. The van der Waals surface area contributed by atoms with Crippen molar-refractivity contribution in [2.45, 2.75) is 11.1 Å². The van der Waals surface area contributed by atoms with Gasteiger partial charge in [-0.05, 0) is 24.3 Å². The molecule has 2 heterocycles. The van der Waals surface area contributed by atoms with Gasteiger partial charge in [-0.15, -0.1) is 11.3 Å². The molecule has 4 rings (SSSR count). The van der Waals surface area contributed by atoms with Gasteiger partial charge in [-0.3, -0.25) is 9.71 Å². The highest BCUT2D eigenvalue weighted by Gasteiger charge is 2.38. The van der Waals surface area contributed by atoms with Gasteiger partial charge in [0.2, 0.25) is 0 Å². The number of alkyl halides is 3. The second kappa shape index (κ2) is 10.1. The number of nitrogens with one attached hydrogen (secondary N) is 1. The van der Waals surface area contributed by atoms with E-state index < -0.39 is 22.2 Å². The number of carboxylic acid groups (broad SMARTS) is 1. The molecule has 0 saturated carbocycles. The van der Waals surface area contributed by atoms with Crippen LogP contribution < -0.4 is 9.46 Å². The molecule has 0 bridgehead atoms. The first kappa shape index (κ1) is 25.7. The van der Waals surface area contributed by atoms with Crippen molar-refractivity contribution in [1.82, 2.24) is 9.97 Å². The van der Waals surface area contributed by atoms with E-state index in [4.69, 9.17) is 14.6 Å². The van der Waals surface area contributed by atoms with E-state index >= 15 is 0 Å². The van der Waals surface area contributed by atoms with Crippen molar-refractivity contribution in [3.8, 4) is 22.8 Å². The minimum Gasteiger partial charge on any atom is -0.506 e. The minimum absolute atomic E-state index is 0.0164. The number of carbonyl (C=O) groups is 1. The lowest BCUT2D eigenvalue weighted by atomic mass is 10.0. The van der Waals surface area contributed by atoms with Crippen LogP contribution in [0, 0.1) is 0 Å². The summed E-state index contributed by atoms with van der Waals surface area (Å²) < 4.78 is 64.9. The number of aromatic hydroxyl groups is 1. The molecule has 9 nitrogen and oxygen atoms in total. The summed E-state index contributed by atoms with van der Waals surface area (Å²) in [6.45, 7) is 0. The first-order valence-electron chi connectivity index (χ1n) is 9.41. The molecule has 4 aromatic rings. The highest BCUT2D eigenvalue weighted by atomic mass is 32.2. The fourth-order valence-electron chi connectivity index (χ4n) is 2.88. The lowest BCUT2D eigenvalue weighted by molar-refractivity contribution is -0.192. The number of halogens is 3. The Hall–Kier alpha value is -3.91. The number of sulfonamides is 1. The average molecular weight is 528 g/mol. The standard InChI is InChI=1S/C19H15N3O4S2.C2HF3O2/c1-26-17-5-3-2-4-14(17)18-13-7-6-12(10-15(13)16(23)11-21-18)28(24,25)22-19-20-8-9-27-19;3-2(4,5)1(6)7/h2-11,23H,1H3,(H,20,22);(H,6,7). The number of aliphatic carboxylic acids is 1. The Morgan fingerprint density at radius 3 is 2.40 bits per heavy atom.